The average molecular weight is 480 g/mol. The minimum atomic E-state index is -3.22. The fraction of sp³-hybridized carbons (Fsp3) is 0.333. The number of Topliss-reactive ketones (excluding diaryl/α,β-unsaturated/α-hetero) is 1. The SMILES string of the molecule is Cc1cc(-n2c(C)cc(C(=O)COC(=O)CC3C=CS(=O)(=O)C3)c2C)ccc1Br. The lowest BCUT2D eigenvalue weighted by atomic mass is 10.1. The van der Waals surface area contributed by atoms with E-state index >= 15 is 0 Å². The Hall–Kier alpha value is -2.19. The van der Waals surface area contributed by atoms with Crippen LogP contribution < -0.4 is 0 Å². The van der Waals surface area contributed by atoms with E-state index in [0.717, 1.165) is 32.5 Å². The zero-order valence-electron chi connectivity index (χ0n) is 16.4. The molecule has 0 radical (unpaired) electrons. The molecular formula is C21H22BrNO5S. The van der Waals surface area contributed by atoms with E-state index in [1.165, 1.54) is 6.08 Å². The van der Waals surface area contributed by atoms with E-state index in [-0.39, 0.29) is 24.6 Å². The lowest BCUT2D eigenvalue weighted by Crippen LogP contribution is -2.18. The van der Waals surface area contributed by atoms with Crippen molar-refractivity contribution in [2.75, 3.05) is 12.4 Å². The maximum absolute atomic E-state index is 12.6. The van der Waals surface area contributed by atoms with E-state index in [2.05, 4.69) is 15.9 Å². The van der Waals surface area contributed by atoms with E-state index in [9.17, 15) is 18.0 Å². The Morgan fingerprint density at radius 2 is 1.93 bits per heavy atom. The third-order valence-electron chi connectivity index (χ3n) is 4.93. The van der Waals surface area contributed by atoms with Gasteiger partial charge < -0.3 is 9.30 Å². The van der Waals surface area contributed by atoms with Crippen molar-refractivity contribution in [1.29, 1.82) is 0 Å². The van der Waals surface area contributed by atoms with Gasteiger partial charge in [0.2, 0.25) is 5.78 Å². The number of aryl methyl sites for hydroxylation is 2. The van der Waals surface area contributed by atoms with Gasteiger partial charge >= 0.3 is 5.97 Å². The van der Waals surface area contributed by atoms with Crippen molar-refractivity contribution in [2.24, 2.45) is 5.92 Å². The number of carbonyl (C=O) groups excluding carboxylic acids is 2. The molecule has 6 nitrogen and oxygen atoms in total. The zero-order chi connectivity index (χ0) is 21.3. The number of halogens is 1. The van der Waals surface area contributed by atoms with E-state index < -0.39 is 21.7 Å². The molecule has 1 aliphatic heterocycles. The van der Waals surface area contributed by atoms with Gasteiger partial charge in [0.05, 0.1) is 12.2 Å². The second-order valence-corrected chi connectivity index (χ2v) is 10.0. The summed E-state index contributed by atoms with van der Waals surface area (Å²) in [5.41, 5.74) is 4.21. The smallest absolute Gasteiger partial charge is 0.306 e. The van der Waals surface area contributed by atoms with Crippen LogP contribution in [0.5, 0.6) is 0 Å². The summed E-state index contributed by atoms with van der Waals surface area (Å²) in [4.78, 5) is 24.6. The highest BCUT2D eigenvalue weighted by Gasteiger charge is 2.25. The molecule has 0 spiro atoms. The molecule has 0 bridgehead atoms. The fourth-order valence-electron chi connectivity index (χ4n) is 3.47. The Bertz CT molecular complexity index is 1110. The third-order valence-corrected chi connectivity index (χ3v) is 7.28. The number of aromatic nitrogens is 1. The molecule has 29 heavy (non-hydrogen) atoms. The molecule has 0 N–H and O–H groups in total. The Balaban J connectivity index is 1.68. The van der Waals surface area contributed by atoms with Crippen molar-refractivity contribution >= 4 is 37.5 Å². The Kier molecular flexibility index (Phi) is 6.14. The van der Waals surface area contributed by atoms with E-state index in [1.54, 1.807) is 6.07 Å². The molecule has 154 valence electrons. The first-order chi connectivity index (χ1) is 13.6. The van der Waals surface area contributed by atoms with Crippen LogP contribution in [0, 0.1) is 26.7 Å². The summed E-state index contributed by atoms with van der Waals surface area (Å²) in [5.74, 6) is -1.36. The number of carbonyl (C=O) groups is 2. The number of hydrogen-bond donors (Lipinski definition) is 0. The molecule has 1 atom stereocenters. The standard InChI is InChI=1S/C21H22BrNO5S/c1-13-8-17(4-5-19(13)22)23-14(2)9-18(15(23)3)20(24)11-28-21(25)10-16-6-7-29(26,27)12-16/h4-9,16H,10-12H2,1-3H3. The average Bonchev–Trinajstić information content (AvgIpc) is 3.13. The van der Waals surface area contributed by atoms with Crippen molar-refractivity contribution in [3.05, 3.63) is 62.7 Å². The van der Waals surface area contributed by atoms with Gasteiger partial charge in [-0.15, -0.1) is 0 Å². The number of ether oxygens (including phenoxy) is 1. The molecule has 1 unspecified atom stereocenters. The summed E-state index contributed by atoms with van der Waals surface area (Å²) < 4.78 is 30.9. The largest absolute Gasteiger partial charge is 0.457 e. The van der Waals surface area contributed by atoms with Crippen LogP contribution in [0.2, 0.25) is 0 Å². The first-order valence-electron chi connectivity index (χ1n) is 9.12. The normalized spacial score (nSPS) is 17.4. The van der Waals surface area contributed by atoms with Gasteiger partial charge in [0.15, 0.2) is 16.4 Å². The fourth-order valence-corrected chi connectivity index (χ4v) is 5.12. The quantitative estimate of drug-likeness (QED) is 0.464. The zero-order valence-corrected chi connectivity index (χ0v) is 18.8. The van der Waals surface area contributed by atoms with Crippen LogP contribution in [0.4, 0.5) is 0 Å². The van der Waals surface area contributed by atoms with Gasteiger partial charge in [-0.05, 0) is 50.6 Å². The van der Waals surface area contributed by atoms with Gasteiger partial charge in [0.25, 0.3) is 0 Å². The van der Waals surface area contributed by atoms with Gasteiger partial charge in [-0.25, -0.2) is 8.42 Å². The summed E-state index contributed by atoms with van der Waals surface area (Å²) in [5, 5.41) is 1.12. The van der Waals surface area contributed by atoms with Crippen LogP contribution in [0.1, 0.15) is 33.7 Å². The van der Waals surface area contributed by atoms with E-state index in [0.29, 0.717) is 5.56 Å². The minimum absolute atomic E-state index is 0.0554. The predicted molar refractivity (Wildman–Crippen MR) is 114 cm³/mol. The monoisotopic (exact) mass is 479 g/mol. The van der Waals surface area contributed by atoms with Crippen molar-refractivity contribution in [1.82, 2.24) is 4.57 Å². The maximum atomic E-state index is 12.6. The summed E-state index contributed by atoms with van der Waals surface area (Å²) in [6, 6.07) is 7.75. The van der Waals surface area contributed by atoms with Crippen LogP contribution in [0.3, 0.4) is 0 Å². The Morgan fingerprint density at radius 1 is 1.21 bits per heavy atom. The van der Waals surface area contributed by atoms with Gasteiger partial charge in [-0.3, -0.25) is 9.59 Å². The maximum Gasteiger partial charge on any atom is 0.306 e. The lowest BCUT2D eigenvalue weighted by molar-refractivity contribution is -0.143. The molecule has 0 aliphatic carbocycles. The van der Waals surface area contributed by atoms with Crippen LogP contribution in [-0.4, -0.2) is 37.1 Å². The molecule has 2 aromatic rings. The summed E-state index contributed by atoms with van der Waals surface area (Å²) in [6.07, 6.45) is 1.44. The number of sulfone groups is 1. The van der Waals surface area contributed by atoms with Crippen LogP contribution >= 0.6 is 15.9 Å². The molecule has 1 aliphatic rings. The molecule has 0 fully saturated rings. The van der Waals surface area contributed by atoms with Crippen molar-refractivity contribution in [2.45, 2.75) is 27.2 Å². The second kappa shape index (κ2) is 8.28. The Morgan fingerprint density at radius 3 is 2.55 bits per heavy atom. The van der Waals surface area contributed by atoms with Gasteiger partial charge in [-0.2, -0.15) is 0 Å². The van der Waals surface area contributed by atoms with Crippen molar-refractivity contribution in [3.8, 4) is 5.69 Å². The predicted octanol–water partition coefficient (Wildman–Crippen LogP) is 3.84. The summed E-state index contributed by atoms with van der Waals surface area (Å²) in [6.45, 7) is 5.40. The topological polar surface area (TPSA) is 82.4 Å². The summed E-state index contributed by atoms with van der Waals surface area (Å²) >= 11 is 3.49. The molecule has 8 heteroatoms. The van der Waals surface area contributed by atoms with Gasteiger partial charge in [0.1, 0.15) is 0 Å². The van der Waals surface area contributed by atoms with Crippen LogP contribution in [0.15, 0.2) is 40.2 Å². The van der Waals surface area contributed by atoms with Gasteiger partial charge in [-0.1, -0.05) is 22.0 Å². The number of ketones is 1. The third kappa shape index (κ3) is 4.87. The minimum Gasteiger partial charge on any atom is -0.457 e. The number of hydrogen-bond acceptors (Lipinski definition) is 5. The Labute approximate surface area is 178 Å². The number of nitrogens with zero attached hydrogens (tertiary/aromatic N) is 1. The van der Waals surface area contributed by atoms with Crippen molar-refractivity contribution in [3.63, 3.8) is 0 Å². The first kappa shape index (κ1) is 21.5. The highest BCUT2D eigenvalue weighted by Crippen LogP contribution is 2.25. The van der Waals surface area contributed by atoms with Crippen LogP contribution in [0.25, 0.3) is 5.69 Å². The molecule has 0 saturated heterocycles. The molecule has 0 saturated carbocycles. The number of esters is 1. The number of allylic oxidation sites excluding steroid dienone is 1. The number of benzene rings is 1. The van der Waals surface area contributed by atoms with Crippen LogP contribution in [-0.2, 0) is 19.4 Å². The second-order valence-electron chi connectivity index (χ2n) is 7.26. The van der Waals surface area contributed by atoms with Gasteiger partial charge in [0, 0.05) is 38.4 Å². The van der Waals surface area contributed by atoms with Crippen molar-refractivity contribution < 1.29 is 22.7 Å². The highest BCUT2D eigenvalue weighted by molar-refractivity contribution is 9.10. The first-order valence-corrected chi connectivity index (χ1v) is 11.6. The van der Waals surface area contributed by atoms with E-state index in [1.807, 2.05) is 43.5 Å². The highest BCUT2D eigenvalue weighted by atomic mass is 79.9. The molecule has 3 rings (SSSR count). The lowest BCUT2D eigenvalue weighted by Gasteiger charge is -2.12. The molecule has 1 aromatic carbocycles. The number of rotatable bonds is 6. The van der Waals surface area contributed by atoms with E-state index in [4.69, 9.17) is 4.74 Å². The molecule has 2 heterocycles. The molecule has 1 aromatic heterocycles. The molecule has 0 amide bonds. The summed E-state index contributed by atoms with van der Waals surface area (Å²) in [7, 11) is -3.22. The molecular weight excluding hydrogens is 458 g/mol.